The number of halogens is 2. The van der Waals surface area contributed by atoms with Crippen molar-refractivity contribution in [3.05, 3.63) is 70.8 Å². The van der Waals surface area contributed by atoms with Gasteiger partial charge in [0.2, 0.25) is 17.6 Å². The molecular formula is C19H16ClFN4O2S. The molecule has 1 aliphatic heterocycles. The molecule has 0 saturated carbocycles. The molecule has 1 aromatic heterocycles. The van der Waals surface area contributed by atoms with Crippen LogP contribution < -0.4 is 10.6 Å². The van der Waals surface area contributed by atoms with E-state index in [0.29, 0.717) is 23.6 Å². The summed E-state index contributed by atoms with van der Waals surface area (Å²) in [7, 11) is 0. The number of hydrogen-bond donors (Lipinski definition) is 2. The molecule has 0 aliphatic carbocycles. The molecule has 2 aromatic carbocycles. The summed E-state index contributed by atoms with van der Waals surface area (Å²) in [4.78, 5) is 16.3. The van der Waals surface area contributed by atoms with Crippen LogP contribution in [0.25, 0.3) is 11.4 Å². The monoisotopic (exact) mass is 418 g/mol. The lowest BCUT2D eigenvalue weighted by atomic mass is 10.0. The first-order chi connectivity index (χ1) is 13.6. The summed E-state index contributed by atoms with van der Waals surface area (Å²) in [5.41, 5.74) is 1.26. The molecule has 144 valence electrons. The van der Waals surface area contributed by atoms with Crippen molar-refractivity contribution in [2.24, 2.45) is 0 Å². The predicted octanol–water partition coefficient (Wildman–Crippen LogP) is 3.90. The number of rotatable bonds is 5. The minimum absolute atomic E-state index is 0.0204. The minimum Gasteiger partial charge on any atom is -0.338 e. The number of hydrogen-bond acceptors (Lipinski definition) is 6. The van der Waals surface area contributed by atoms with Crippen LogP contribution in [0.5, 0.6) is 0 Å². The van der Waals surface area contributed by atoms with Crippen LogP contribution in [0, 0.1) is 5.82 Å². The van der Waals surface area contributed by atoms with E-state index in [2.05, 4.69) is 20.8 Å². The summed E-state index contributed by atoms with van der Waals surface area (Å²) >= 11 is 7.13. The first-order valence-electron chi connectivity index (χ1n) is 8.58. The average molecular weight is 419 g/mol. The van der Waals surface area contributed by atoms with E-state index in [0.717, 1.165) is 5.56 Å². The van der Waals surface area contributed by atoms with Crippen LogP contribution in [0.15, 0.2) is 53.1 Å². The van der Waals surface area contributed by atoms with Gasteiger partial charge >= 0.3 is 0 Å². The van der Waals surface area contributed by atoms with Crippen LogP contribution in [-0.4, -0.2) is 21.5 Å². The Balaban J connectivity index is 1.39. The number of carbonyl (C=O) groups is 1. The lowest BCUT2D eigenvalue weighted by Gasteiger charge is -2.31. The number of thioether (sulfide) groups is 1. The van der Waals surface area contributed by atoms with Crippen molar-refractivity contribution in [1.29, 1.82) is 0 Å². The van der Waals surface area contributed by atoms with Gasteiger partial charge in [0.25, 0.3) is 0 Å². The smallest absolute Gasteiger partial charge is 0.237 e. The van der Waals surface area contributed by atoms with Crippen LogP contribution in [-0.2, 0) is 10.5 Å². The lowest BCUT2D eigenvalue weighted by Crippen LogP contribution is -2.50. The van der Waals surface area contributed by atoms with Gasteiger partial charge in [-0.1, -0.05) is 47.1 Å². The van der Waals surface area contributed by atoms with E-state index in [-0.39, 0.29) is 28.3 Å². The van der Waals surface area contributed by atoms with Crippen molar-refractivity contribution in [3.63, 3.8) is 0 Å². The maximum absolute atomic E-state index is 13.6. The van der Waals surface area contributed by atoms with Gasteiger partial charge in [0, 0.05) is 18.0 Å². The van der Waals surface area contributed by atoms with Gasteiger partial charge in [-0.2, -0.15) is 4.98 Å². The standard InChI is InChI=1S/C19H16ClFN4O2S/c20-13-7-6-12(8-14(13)21)18-24-17(27-25-18)10-28-19-22-15(9-16(26)23-19)11-4-2-1-3-5-11/h1-8,15,19,22H,9-10H2,(H,23,26). The molecule has 1 aliphatic rings. The first kappa shape index (κ1) is 18.9. The molecule has 1 amide bonds. The van der Waals surface area contributed by atoms with Crippen molar-refractivity contribution >= 4 is 29.3 Å². The number of carbonyl (C=O) groups excluding carboxylic acids is 1. The van der Waals surface area contributed by atoms with Crippen LogP contribution >= 0.6 is 23.4 Å². The van der Waals surface area contributed by atoms with Gasteiger partial charge in [-0.25, -0.2) is 4.39 Å². The highest BCUT2D eigenvalue weighted by molar-refractivity contribution is 7.99. The first-order valence-corrected chi connectivity index (χ1v) is 10.0. The van der Waals surface area contributed by atoms with E-state index in [1.807, 2.05) is 30.3 Å². The van der Waals surface area contributed by atoms with Crippen molar-refractivity contribution in [2.45, 2.75) is 23.7 Å². The zero-order chi connectivity index (χ0) is 19.5. The van der Waals surface area contributed by atoms with Crippen molar-refractivity contribution in [3.8, 4) is 11.4 Å². The lowest BCUT2D eigenvalue weighted by molar-refractivity contribution is -0.123. The second-order valence-corrected chi connectivity index (χ2v) is 7.73. The molecule has 2 unspecified atom stereocenters. The van der Waals surface area contributed by atoms with E-state index in [1.54, 1.807) is 6.07 Å². The molecule has 2 heterocycles. The highest BCUT2D eigenvalue weighted by Gasteiger charge is 2.27. The molecular weight excluding hydrogens is 403 g/mol. The second-order valence-electron chi connectivity index (χ2n) is 6.23. The largest absolute Gasteiger partial charge is 0.338 e. The fourth-order valence-corrected chi connectivity index (χ4v) is 3.90. The Morgan fingerprint density at radius 2 is 2.07 bits per heavy atom. The summed E-state index contributed by atoms with van der Waals surface area (Å²) in [5.74, 6) is 0.499. The van der Waals surface area contributed by atoms with Crippen LogP contribution in [0.2, 0.25) is 5.02 Å². The highest BCUT2D eigenvalue weighted by atomic mass is 35.5. The van der Waals surface area contributed by atoms with E-state index in [9.17, 15) is 9.18 Å². The topological polar surface area (TPSA) is 80.1 Å². The van der Waals surface area contributed by atoms with E-state index in [1.165, 1.54) is 23.9 Å². The molecule has 9 heteroatoms. The zero-order valence-corrected chi connectivity index (χ0v) is 16.1. The molecule has 2 N–H and O–H groups in total. The fourth-order valence-electron chi connectivity index (χ4n) is 2.88. The van der Waals surface area contributed by atoms with Gasteiger partial charge in [0.15, 0.2) is 0 Å². The summed E-state index contributed by atoms with van der Waals surface area (Å²) in [6, 6.07) is 14.1. The number of amides is 1. The molecule has 0 spiro atoms. The zero-order valence-electron chi connectivity index (χ0n) is 14.6. The summed E-state index contributed by atoms with van der Waals surface area (Å²) < 4.78 is 18.8. The van der Waals surface area contributed by atoms with Crippen molar-refractivity contribution in [2.75, 3.05) is 0 Å². The number of benzene rings is 2. The second kappa shape index (κ2) is 8.30. The van der Waals surface area contributed by atoms with Crippen LogP contribution in [0.3, 0.4) is 0 Å². The predicted molar refractivity (Wildman–Crippen MR) is 105 cm³/mol. The summed E-state index contributed by atoms with van der Waals surface area (Å²) in [6.07, 6.45) is 0.383. The number of nitrogens with one attached hydrogen (secondary N) is 2. The Morgan fingerprint density at radius 3 is 2.86 bits per heavy atom. The number of aromatic nitrogens is 2. The SMILES string of the molecule is O=C1CC(c2ccccc2)NC(SCc2nc(-c3ccc(Cl)c(F)c3)no2)N1. The van der Waals surface area contributed by atoms with Crippen LogP contribution in [0.4, 0.5) is 4.39 Å². The Labute approximate surface area is 169 Å². The van der Waals surface area contributed by atoms with E-state index >= 15 is 0 Å². The highest BCUT2D eigenvalue weighted by Crippen LogP contribution is 2.26. The molecule has 0 bridgehead atoms. The molecule has 3 aromatic rings. The molecule has 6 nitrogen and oxygen atoms in total. The minimum atomic E-state index is -0.541. The van der Waals surface area contributed by atoms with Crippen molar-refractivity contribution < 1.29 is 13.7 Å². The van der Waals surface area contributed by atoms with Crippen LogP contribution in [0.1, 0.15) is 23.9 Å². The van der Waals surface area contributed by atoms with E-state index in [4.69, 9.17) is 16.1 Å². The quantitative estimate of drug-likeness (QED) is 0.654. The maximum atomic E-state index is 13.6. The van der Waals surface area contributed by atoms with Gasteiger partial charge in [-0.05, 0) is 23.8 Å². The Morgan fingerprint density at radius 1 is 1.25 bits per heavy atom. The molecule has 0 radical (unpaired) electrons. The molecule has 2 atom stereocenters. The Hall–Kier alpha value is -2.42. The van der Waals surface area contributed by atoms with Gasteiger partial charge < -0.3 is 9.84 Å². The number of nitrogens with zero attached hydrogens (tertiary/aromatic N) is 2. The van der Waals surface area contributed by atoms with Gasteiger partial charge in [0.1, 0.15) is 11.3 Å². The molecule has 1 saturated heterocycles. The maximum Gasteiger partial charge on any atom is 0.237 e. The van der Waals surface area contributed by atoms with E-state index < -0.39 is 5.82 Å². The van der Waals surface area contributed by atoms with Gasteiger partial charge in [0.05, 0.1) is 10.8 Å². The molecule has 1 fully saturated rings. The third-order valence-corrected chi connectivity index (χ3v) is 5.56. The third-order valence-electron chi connectivity index (χ3n) is 4.26. The van der Waals surface area contributed by atoms with Gasteiger partial charge in [-0.15, -0.1) is 11.8 Å². The average Bonchev–Trinajstić information content (AvgIpc) is 3.18. The Kier molecular flexibility index (Phi) is 5.61. The third kappa shape index (κ3) is 4.35. The Bertz CT molecular complexity index is 985. The summed E-state index contributed by atoms with van der Waals surface area (Å²) in [5, 5.41) is 10.2. The molecule has 28 heavy (non-hydrogen) atoms. The summed E-state index contributed by atoms with van der Waals surface area (Å²) in [6.45, 7) is 0. The van der Waals surface area contributed by atoms with Gasteiger partial charge in [-0.3, -0.25) is 10.1 Å². The molecule has 4 rings (SSSR count). The van der Waals surface area contributed by atoms with Crippen molar-refractivity contribution in [1.82, 2.24) is 20.8 Å². The normalized spacial score (nSPS) is 19.4. The fraction of sp³-hybridized carbons (Fsp3) is 0.211.